The fourth-order valence-corrected chi connectivity index (χ4v) is 3.37. The van der Waals surface area contributed by atoms with Gasteiger partial charge in [0.2, 0.25) is 0 Å². The van der Waals surface area contributed by atoms with Crippen LogP contribution < -0.4 is 11.3 Å². The van der Waals surface area contributed by atoms with Crippen LogP contribution in [0.2, 0.25) is 5.02 Å². The Bertz CT molecular complexity index is 617. The molecule has 0 aromatic heterocycles. The lowest BCUT2D eigenvalue weighted by molar-refractivity contribution is 0.550. The summed E-state index contributed by atoms with van der Waals surface area (Å²) in [4.78, 5) is 0. The van der Waals surface area contributed by atoms with E-state index in [-0.39, 0.29) is 6.04 Å². The van der Waals surface area contributed by atoms with Crippen molar-refractivity contribution in [1.82, 2.24) is 5.43 Å². The molecule has 0 amide bonds. The second-order valence-electron chi connectivity index (χ2n) is 4.68. The first-order chi connectivity index (χ1) is 9.51. The van der Waals surface area contributed by atoms with Crippen molar-refractivity contribution in [2.45, 2.75) is 19.4 Å². The lowest BCUT2D eigenvalue weighted by Gasteiger charge is -2.19. The van der Waals surface area contributed by atoms with Gasteiger partial charge in [-0.15, -0.1) is 0 Å². The van der Waals surface area contributed by atoms with Gasteiger partial charge in [-0.2, -0.15) is 0 Å². The summed E-state index contributed by atoms with van der Waals surface area (Å²) >= 11 is 13.3. The molecule has 0 heterocycles. The molecular formula is C15H15Br2ClN2. The molecular weight excluding hydrogens is 403 g/mol. The van der Waals surface area contributed by atoms with Crippen LogP contribution in [0, 0.1) is 6.92 Å². The van der Waals surface area contributed by atoms with Crippen LogP contribution >= 0.6 is 43.5 Å². The zero-order valence-corrected chi connectivity index (χ0v) is 14.9. The molecule has 2 aromatic carbocycles. The van der Waals surface area contributed by atoms with Crippen LogP contribution in [-0.2, 0) is 6.42 Å². The maximum absolute atomic E-state index is 6.28. The minimum Gasteiger partial charge on any atom is -0.271 e. The highest BCUT2D eigenvalue weighted by Gasteiger charge is 2.15. The van der Waals surface area contributed by atoms with Gasteiger partial charge in [0.25, 0.3) is 0 Å². The molecule has 0 saturated heterocycles. The Morgan fingerprint density at radius 3 is 2.60 bits per heavy atom. The Hall–Kier alpha value is -0.390. The van der Waals surface area contributed by atoms with Gasteiger partial charge in [0, 0.05) is 14.0 Å². The highest BCUT2D eigenvalue weighted by atomic mass is 79.9. The SMILES string of the molecule is Cc1ccc(Br)c(C(Cc2ccc(Br)cc2Cl)NN)c1. The van der Waals surface area contributed by atoms with E-state index in [2.05, 4.69) is 56.3 Å². The summed E-state index contributed by atoms with van der Waals surface area (Å²) in [5.41, 5.74) is 6.27. The summed E-state index contributed by atoms with van der Waals surface area (Å²) < 4.78 is 2.01. The van der Waals surface area contributed by atoms with E-state index in [1.807, 2.05) is 24.3 Å². The monoisotopic (exact) mass is 416 g/mol. The maximum Gasteiger partial charge on any atom is 0.0512 e. The summed E-state index contributed by atoms with van der Waals surface area (Å²) in [6.07, 6.45) is 0.727. The molecule has 2 aromatic rings. The van der Waals surface area contributed by atoms with E-state index in [9.17, 15) is 0 Å². The van der Waals surface area contributed by atoms with Crippen molar-refractivity contribution in [3.05, 3.63) is 67.1 Å². The standard InChI is InChI=1S/C15H15Br2ClN2/c1-9-2-5-13(17)12(6-9)15(20-19)7-10-3-4-11(16)8-14(10)18/h2-6,8,15,20H,7,19H2,1H3. The molecule has 1 atom stereocenters. The van der Waals surface area contributed by atoms with Crippen molar-refractivity contribution < 1.29 is 0 Å². The number of hydrazine groups is 1. The first-order valence-electron chi connectivity index (χ1n) is 6.17. The van der Waals surface area contributed by atoms with Gasteiger partial charge in [-0.05, 0) is 42.7 Å². The Kier molecular flexibility index (Phi) is 5.64. The van der Waals surface area contributed by atoms with Crippen molar-refractivity contribution in [2.24, 2.45) is 5.84 Å². The summed E-state index contributed by atoms with van der Waals surface area (Å²) in [7, 11) is 0. The molecule has 5 heteroatoms. The van der Waals surface area contributed by atoms with Crippen molar-refractivity contribution in [2.75, 3.05) is 0 Å². The third-order valence-corrected chi connectivity index (χ3v) is 4.73. The summed E-state index contributed by atoms with van der Waals surface area (Å²) in [6.45, 7) is 2.07. The molecule has 0 radical (unpaired) electrons. The highest BCUT2D eigenvalue weighted by molar-refractivity contribution is 9.10. The van der Waals surface area contributed by atoms with Gasteiger partial charge >= 0.3 is 0 Å². The largest absolute Gasteiger partial charge is 0.271 e. The predicted octanol–water partition coefficient (Wildman–Crippen LogP) is 4.92. The second-order valence-corrected chi connectivity index (χ2v) is 6.86. The zero-order valence-electron chi connectivity index (χ0n) is 11.0. The lowest BCUT2D eigenvalue weighted by atomic mass is 9.98. The van der Waals surface area contributed by atoms with E-state index in [4.69, 9.17) is 17.4 Å². The molecule has 0 saturated carbocycles. The maximum atomic E-state index is 6.28. The van der Waals surface area contributed by atoms with Crippen LogP contribution in [0.1, 0.15) is 22.7 Å². The number of rotatable bonds is 4. The topological polar surface area (TPSA) is 38.0 Å². The summed E-state index contributed by atoms with van der Waals surface area (Å²) in [6, 6.07) is 12.1. The molecule has 0 aliphatic heterocycles. The third-order valence-electron chi connectivity index (χ3n) is 3.17. The van der Waals surface area contributed by atoms with E-state index >= 15 is 0 Å². The minimum absolute atomic E-state index is 0.00273. The number of aryl methyl sites for hydroxylation is 1. The number of benzene rings is 2. The summed E-state index contributed by atoms with van der Waals surface area (Å²) in [5.74, 6) is 5.73. The molecule has 0 aliphatic carbocycles. The molecule has 0 spiro atoms. The molecule has 2 nitrogen and oxygen atoms in total. The van der Waals surface area contributed by atoms with E-state index in [0.29, 0.717) is 0 Å². The fraction of sp³-hybridized carbons (Fsp3) is 0.200. The predicted molar refractivity (Wildman–Crippen MR) is 91.8 cm³/mol. The van der Waals surface area contributed by atoms with E-state index in [0.717, 1.165) is 31.5 Å². The summed E-state index contributed by atoms with van der Waals surface area (Å²) in [5, 5.41) is 0.739. The van der Waals surface area contributed by atoms with Gasteiger partial charge in [-0.25, -0.2) is 0 Å². The quantitative estimate of drug-likeness (QED) is 0.546. The Balaban J connectivity index is 2.31. The van der Waals surface area contributed by atoms with Crippen LogP contribution in [0.5, 0.6) is 0 Å². The minimum atomic E-state index is 0.00273. The Morgan fingerprint density at radius 2 is 1.95 bits per heavy atom. The molecule has 3 N–H and O–H groups in total. The van der Waals surface area contributed by atoms with Crippen LogP contribution in [0.15, 0.2) is 45.3 Å². The van der Waals surface area contributed by atoms with Gasteiger partial charge in [-0.1, -0.05) is 67.2 Å². The van der Waals surface area contributed by atoms with Crippen LogP contribution in [0.25, 0.3) is 0 Å². The number of hydrogen-bond acceptors (Lipinski definition) is 2. The average Bonchev–Trinajstić information content (AvgIpc) is 2.41. The van der Waals surface area contributed by atoms with Gasteiger partial charge in [0.15, 0.2) is 0 Å². The van der Waals surface area contributed by atoms with Crippen molar-refractivity contribution in [1.29, 1.82) is 0 Å². The molecule has 0 bridgehead atoms. The van der Waals surface area contributed by atoms with Gasteiger partial charge < -0.3 is 0 Å². The Morgan fingerprint density at radius 1 is 1.20 bits per heavy atom. The van der Waals surface area contributed by atoms with Gasteiger partial charge in [-0.3, -0.25) is 11.3 Å². The normalized spacial score (nSPS) is 12.4. The molecule has 106 valence electrons. The van der Waals surface area contributed by atoms with E-state index < -0.39 is 0 Å². The molecule has 0 fully saturated rings. The Labute approximate surface area is 140 Å². The second kappa shape index (κ2) is 7.05. The number of nitrogens with one attached hydrogen (secondary N) is 1. The number of hydrogen-bond donors (Lipinski definition) is 2. The first kappa shape index (κ1) is 16.0. The smallest absolute Gasteiger partial charge is 0.0512 e. The fourth-order valence-electron chi connectivity index (χ4n) is 2.10. The number of halogens is 3. The van der Waals surface area contributed by atoms with Gasteiger partial charge in [0.05, 0.1) is 6.04 Å². The zero-order chi connectivity index (χ0) is 14.7. The molecule has 0 aliphatic rings. The van der Waals surface area contributed by atoms with Gasteiger partial charge in [0.1, 0.15) is 0 Å². The first-order valence-corrected chi connectivity index (χ1v) is 8.13. The lowest BCUT2D eigenvalue weighted by Crippen LogP contribution is -2.30. The van der Waals surface area contributed by atoms with E-state index in [1.165, 1.54) is 5.56 Å². The van der Waals surface area contributed by atoms with Crippen molar-refractivity contribution >= 4 is 43.5 Å². The van der Waals surface area contributed by atoms with Crippen molar-refractivity contribution in [3.8, 4) is 0 Å². The van der Waals surface area contributed by atoms with Crippen LogP contribution in [0.3, 0.4) is 0 Å². The van der Waals surface area contributed by atoms with E-state index in [1.54, 1.807) is 0 Å². The molecule has 20 heavy (non-hydrogen) atoms. The number of nitrogens with two attached hydrogens (primary N) is 1. The van der Waals surface area contributed by atoms with Crippen molar-refractivity contribution in [3.63, 3.8) is 0 Å². The third kappa shape index (κ3) is 3.83. The molecule has 1 unspecified atom stereocenters. The highest BCUT2D eigenvalue weighted by Crippen LogP contribution is 2.30. The van der Waals surface area contributed by atoms with Crippen LogP contribution in [0.4, 0.5) is 0 Å². The molecule has 2 rings (SSSR count). The average molecular weight is 419 g/mol. The van der Waals surface area contributed by atoms with Crippen LogP contribution in [-0.4, -0.2) is 0 Å².